The highest BCUT2D eigenvalue weighted by molar-refractivity contribution is 5.35. The van der Waals surface area contributed by atoms with Gasteiger partial charge in [-0.3, -0.25) is 0 Å². The molecule has 1 aliphatic rings. The average Bonchev–Trinajstić information content (AvgIpc) is 2.07. The van der Waals surface area contributed by atoms with E-state index in [9.17, 15) is 0 Å². The summed E-state index contributed by atoms with van der Waals surface area (Å²) in [6, 6.07) is 0. The van der Waals surface area contributed by atoms with E-state index in [-0.39, 0.29) is 0 Å². The second-order valence-corrected chi connectivity index (χ2v) is 3.65. The van der Waals surface area contributed by atoms with Crippen LogP contribution in [0.2, 0.25) is 0 Å². The zero-order chi connectivity index (χ0) is 9.97. The Hall–Kier alpha value is -1.16. The molecule has 1 N–H and O–H groups in total. The molecule has 0 spiro atoms. The molecule has 1 aliphatic heterocycles. The van der Waals surface area contributed by atoms with Crippen LogP contribution >= 0.6 is 0 Å². The van der Waals surface area contributed by atoms with E-state index in [0.29, 0.717) is 0 Å². The lowest BCUT2D eigenvalue weighted by atomic mass is 10.2. The SMILES string of the molecule is CNCc1cnc(N2CCC2)nc1C. The molecule has 0 radical (unpaired) electrons. The van der Waals surface area contributed by atoms with E-state index in [1.165, 1.54) is 12.0 Å². The average molecular weight is 192 g/mol. The van der Waals surface area contributed by atoms with Gasteiger partial charge in [0.25, 0.3) is 0 Å². The van der Waals surface area contributed by atoms with E-state index < -0.39 is 0 Å². The molecule has 0 aromatic carbocycles. The van der Waals surface area contributed by atoms with Crippen LogP contribution in [-0.4, -0.2) is 30.1 Å². The quantitative estimate of drug-likeness (QED) is 0.766. The van der Waals surface area contributed by atoms with E-state index in [1.54, 1.807) is 0 Å². The number of hydrogen-bond donors (Lipinski definition) is 1. The third-order valence-corrected chi connectivity index (χ3v) is 2.57. The molecule has 1 saturated heterocycles. The van der Waals surface area contributed by atoms with E-state index >= 15 is 0 Å². The Morgan fingerprint density at radius 3 is 2.79 bits per heavy atom. The fourth-order valence-corrected chi connectivity index (χ4v) is 1.51. The van der Waals surface area contributed by atoms with Crippen LogP contribution in [0.15, 0.2) is 6.20 Å². The second kappa shape index (κ2) is 3.92. The zero-order valence-electron chi connectivity index (χ0n) is 8.75. The highest BCUT2D eigenvalue weighted by atomic mass is 15.3. The molecular formula is C10H16N4. The molecule has 14 heavy (non-hydrogen) atoms. The molecule has 1 fully saturated rings. The monoisotopic (exact) mass is 192 g/mol. The van der Waals surface area contributed by atoms with E-state index in [2.05, 4.69) is 20.2 Å². The minimum Gasteiger partial charge on any atom is -0.341 e. The van der Waals surface area contributed by atoms with Crippen LogP contribution in [0.1, 0.15) is 17.7 Å². The van der Waals surface area contributed by atoms with Gasteiger partial charge in [0.05, 0.1) is 0 Å². The number of aromatic nitrogens is 2. The summed E-state index contributed by atoms with van der Waals surface area (Å²) in [5.74, 6) is 0.883. The largest absolute Gasteiger partial charge is 0.341 e. The third kappa shape index (κ3) is 1.70. The Morgan fingerprint density at radius 1 is 1.50 bits per heavy atom. The summed E-state index contributed by atoms with van der Waals surface area (Å²) in [4.78, 5) is 11.0. The van der Waals surface area contributed by atoms with Crippen LogP contribution in [-0.2, 0) is 6.54 Å². The maximum absolute atomic E-state index is 4.49. The van der Waals surface area contributed by atoms with Gasteiger partial charge < -0.3 is 10.2 Å². The second-order valence-electron chi connectivity index (χ2n) is 3.65. The lowest BCUT2D eigenvalue weighted by molar-refractivity contribution is 0.598. The molecule has 4 nitrogen and oxygen atoms in total. The van der Waals surface area contributed by atoms with Crippen LogP contribution in [0, 0.1) is 6.92 Å². The molecule has 1 aromatic rings. The lowest BCUT2D eigenvalue weighted by Crippen LogP contribution is -2.38. The molecule has 1 aromatic heterocycles. The topological polar surface area (TPSA) is 41.1 Å². The summed E-state index contributed by atoms with van der Waals surface area (Å²) < 4.78 is 0. The normalized spacial score (nSPS) is 15.4. The van der Waals surface area contributed by atoms with Gasteiger partial charge in [0.1, 0.15) is 0 Å². The van der Waals surface area contributed by atoms with Gasteiger partial charge >= 0.3 is 0 Å². The van der Waals surface area contributed by atoms with Crippen molar-refractivity contribution in [2.24, 2.45) is 0 Å². The smallest absolute Gasteiger partial charge is 0.225 e. The summed E-state index contributed by atoms with van der Waals surface area (Å²) in [5, 5.41) is 3.11. The molecule has 0 atom stereocenters. The maximum Gasteiger partial charge on any atom is 0.225 e. The van der Waals surface area contributed by atoms with Crippen molar-refractivity contribution in [3.63, 3.8) is 0 Å². The van der Waals surface area contributed by atoms with Crippen LogP contribution in [0.5, 0.6) is 0 Å². The fourth-order valence-electron chi connectivity index (χ4n) is 1.51. The lowest BCUT2D eigenvalue weighted by Gasteiger charge is -2.31. The maximum atomic E-state index is 4.49. The molecule has 0 amide bonds. The Balaban J connectivity index is 2.16. The van der Waals surface area contributed by atoms with Crippen molar-refractivity contribution in [3.05, 3.63) is 17.5 Å². The molecule has 2 heterocycles. The molecular weight excluding hydrogens is 176 g/mol. The van der Waals surface area contributed by atoms with E-state index in [0.717, 1.165) is 31.3 Å². The Labute approximate surface area is 84.4 Å². The Bertz CT molecular complexity index is 320. The molecule has 2 rings (SSSR count). The van der Waals surface area contributed by atoms with Gasteiger partial charge in [-0.05, 0) is 20.4 Å². The number of nitrogens with one attached hydrogen (secondary N) is 1. The van der Waals surface area contributed by atoms with Crippen molar-refractivity contribution in [2.45, 2.75) is 19.9 Å². The standard InChI is InChI=1S/C10H16N4/c1-8-9(6-11-2)7-12-10(13-8)14-4-3-5-14/h7,11H,3-6H2,1-2H3. The number of hydrogen-bond acceptors (Lipinski definition) is 4. The van der Waals surface area contributed by atoms with Crippen LogP contribution < -0.4 is 10.2 Å². The molecule has 4 heteroatoms. The number of anilines is 1. The summed E-state index contributed by atoms with van der Waals surface area (Å²) in [6.45, 7) is 5.08. The predicted molar refractivity (Wildman–Crippen MR) is 56.4 cm³/mol. The summed E-state index contributed by atoms with van der Waals surface area (Å²) in [5.41, 5.74) is 2.26. The molecule has 0 unspecified atom stereocenters. The Morgan fingerprint density at radius 2 is 2.29 bits per heavy atom. The minimum absolute atomic E-state index is 0.839. The van der Waals surface area contributed by atoms with Crippen molar-refractivity contribution >= 4 is 5.95 Å². The van der Waals surface area contributed by atoms with Gasteiger partial charge in [0.15, 0.2) is 0 Å². The van der Waals surface area contributed by atoms with Crippen LogP contribution in [0.3, 0.4) is 0 Å². The zero-order valence-corrected chi connectivity index (χ0v) is 8.75. The Kier molecular flexibility index (Phi) is 2.63. The minimum atomic E-state index is 0.839. The molecule has 0 saturated carbocycles. The summed E-state index contributed by atoms with van der Waals surface area (Å²) in [6.07, 6.45) is 3.19. The molecule has 76 valence electrons. The van der Waals surface area contributed by atoms with Gasteiger partial charge in [-0.1, -0.05) is 0 Å². The predicted octanol–water partition coefficient (Wildman–Crippen LogP) is 0.715. The highest BCUT2D eigenvalue weighted by Crippen LogP contribution is 2.16. The van der Waals surface area contributed by atoms with Crippen molar-refractivity contribution in [2.75, 3.05) is 25.0 Å². The van der Waals surface area contributed by atoms with Crippen molar-refractivity contribution < 1.29 is 0 Å². The first-order valence-electron chi connectivity index (χ1n) is 5.03. The highest BCUT2D eigenvalue weighted by Gasteiger charge is 2.17. The first kappa shape index (κ1) is 9.40. The molecule has 0 aliphatic carbocycles. The van der Waals surface area contributed by atoms with Crippen molar-refractivity contribution in [3.8, 4) is 0 Å². The summed E-state index contributed by atoms with van der Waals surface area (Å²) >= 11 is 0. The van der Waals surface area contributed by atoms with Crippen molar-refractivity contribution in [1.29, 1.82) is 0 Å². The third-order valence-electron chi connectivity index (χ3n) is 2.57. The van der Waals surface area contributed by atoms with E-state index in [1.807, 2.05) is 20.2 Å². The van der Waals surface area contributed by atoms with Gasteiger partial charge in [0, 0.05) is 37.1 Å². The van der Waals surface area contributed by atoms with Crippen LogP contribution in [0.4, 0.5) is 5.95 Å². The summed E-state index contributed by atoms with van der Waals surface area (Å²) in [7, 11) is 1.93. The fraction of sp³-hybridized carbons (Fsp3) is 0.600. The number of nitrogens with zero attached hydrogens (tertiary/aromatic N) is 3. The van der Waals surface area contributed by atoms with Crippen molar-refractivity contribution in [1.82, 2.24) is 15.3 Å². The van der Waals surface area contributed by atoms with Gasteiger partial charge in [-0.25, -0.2) is 9.97 Å². The van der Waals surface area contributed by atoms with Gasteiger partial charge in [-0.2, -0.15) is 0 Å². The van der Waals surface area contributed by atoms with E-state index in [4.69, 9.17) is 0 Å². The first-order chi connectivity index (χ1) is 6.81. The van der Waals surface area contributed by atoms with Gasteiger partial charge in [0.2, 0.25) is 5.95 Å². The molecule has 0 bridgehead atoms. The van der Waals surface area contributed by atoms with Gasteiger partial charge in [-0.15, -0.1) is 0 Å². The number of rotatable bonds is 3. The number of aryl methyl sites for hydroxylation is 1. The first-order valence-corrected chi connectivity index (χ1v) is 5.03. The van der Waals surface area contributed by atoms with Crippen LogP contribution in [0.25, 0.3) is 0 Å².